The Morgan fingerprint density at radius 2 is 1.90 bits per heavy atom. The zero-order chi connectivity index (χ0) is 13.8. The van der Waals surface area contributed by atoms with E-state index in [2.05, 4.69) is 14.8 Å². The molecule has 2 aliphatic rings. The molecular formula is C15H22FN3O. The number of hydrogen-bond donors (Lipinski definition) is 0. The lowest BCUT2D eigenvalue weighted by Crippen LogP contribution is -2.43. The van der Waals surface area contributed by atoms with E-state index in [0.717, 1.165) is 51.1 Å². The van der Waals surface area contributed by atoms with E-state index in [4.69, 9.17) is 4.74 Å². The van der Waals surface area contributed by atoms with Gasteiger partial charge in [0, 0.05) is 32.7 Å². The number of rotatable bonds is 3. The number of ether oxygens (including phenoxy) is 1. The highest BCUT2D eigenvalue weighted by Crippen LogP contribution is 2.22. The molecule has 0 bridgehead atoms. The molecule has 110 valence electrons. The first-order valence-corrected chi connectivity index (χ1v) is 7.48. The minimum absolute atomic E-state index is 0.268. The maximum atomic E-state index is 12.9. The summed E-state index contributed by atoms with van der Waals surface area (Å²) < 4.78 is 18.3. The molecule has 3 heterocycles. The summed E-state index contributed by atoms with van der Waals surface area (Å²) >= 11 is 0. The Morgan fingerprint density at radius 3 is 2.55 bits per heavy atom. The molecule has 0 radical (unpaired) electrons. The van der Waals surface area contributed by atoms with Gasteiger partial charge in [-0.25, -0.2) is 9.37 Å². The zero-order valence-corrected chi connectivity index (χ0v) is 11.8. The second-order valence-corrected chi connectivity index (χ2v) is 5.68. The molecule has 0 saturated carbocycles. The number of pyridine rings is 1. The van der Waals surface area contributed by atoms with Crippen molar-refractivity contribution in [1.29, 1.82) is 0 Å². The molecule has 2 aliphatic heterocycles. The molecule has 0 aromatic carbocycles. The Morgan fingerprint density at radius 1 is 1.15 bits per heavy atom. The summed E-state index contributed by atoms with van der Waals surface area (Å²) in [6.45, 7) is 7.12. The SMILES string of the molecule is Fc1ccc(N2CCC(CN3CCOCC3)CC2)nc1. The van der Waals surface area contributed by atoms with Crippen LogP contribution in [0.1, 0.15) is 12.8 Å². The van der Waals surface area contributed by atoms with Gasteiger partial charge in [-0.3, -0.25) is 4.90 Å². The molecular weight excluding hydrogens is 257 g/mol. The number of piperidine rings is 1. The van der Waals surface area contributed by atoms with Gasteiger partial charge in [0.2, 0.25) is 0 Å². The quantitative estimate of drug-likeness (QED) is 0.843. The standard InChI is InChI=1S/C15H22FN3O/c16-14-1-2-15(17-11-14)19-5-3-13(4-6-19)12-18-7-9-20-10-8-18/h1-2,11,13H,3-10,12H2. The van der Waals surface area contributed by atoms with Crippen molar-refractivity contribution < 1.29 is 9.13 Å². The Kier molecular flexibility index (Phi) is 4.47. The van der Waals surface area contributed by atoms with Crippen molar-refractivity contribution in [1.82, 2.24) is 9.88 Å². The third kappa shape index (κ3) is 3.46. The van der Waals surface area contributed by atoms with Crippen LogP contribution in [0.25, 0.3) is 0 Å². The third-order valence-corrected chi connectivity index (χ3v) is 4.27. The van der Waals surface area contributed by atoms with E-state index in [-0.39, 0.29) is 5.82 Å². The largest absolute Gasteiger partial charge is 0.379 e. The Hall–Kier alpha value is -1.20. The van der Waals surface area contributed by atoms with Crippen molar-refractivity contribution in [3.63, 3.8) is 0 Å². The van der Waals surface area contributed by atoms with Gasteiger partial charge >= 0.3 is 0 Å². The van der Waals surface area contributed by atoms with E-state index >= 15 is 0 Å². The van der Waals surface area contributed by atoms with Crippen molar-refractivity contribution in [2.45, 2.75) is 12.8 Å². The van der Waals surface area contributed by atoms with Gasteiger partial charge in [-0.1, -0.05) is 0 Å². The van der Waals surface area contributed by atoms with E-state index < -0.39 is 0 Å². The van der Waals surface area contributed by atoms with Crippen molar-refractivity contribution in [3.8, 4) is 0 Å². The Balaban J connectivity index is 1.47. The third-order valence-electron chi connectivity index (χ3n) is 4.27. The van der Waals surface area contributed by atoms with Crippen molar-refractivity contribution in [2.75, 3.05) is 50.8 Å². The number of anilines is 1. The molecule has 4 nitrogen and oxygen atoms in total. The minimum atomic E-state index is -0.268. The van der Waals surface area contributed by atoms with Crippen LogP contribution in [0, 0.1) is 11.7 Å². The van der Waals surface area contributed by atoms with Crippen molar-refractivity contribution in [2.24, 2.45) is 5.92 Å². The first-order chi connectivity index (χ1) is 9.81. The molecule has 0 atom stereocenters. The number of halogens is 1. The van der Waals surface area contributed by atoms with Gasteiger partial charge in [0.05, 0.1) is 19.4 Å². The van der Waals surface area contributed by atoms with Gasteiger partial charge in [0.1, 0.15) is 11.6 Å². The summed E-state index contributed by atoms with van der Waals surface area (Å²) in [7, 11) is 0. The molecule has 1 aromatic heterocycles. The topological polar surface area (TPSA) is 28.6 Å². The van der Waals surface area contributed by atoms with E-state index in [1.807, 2.05) is 0 Å². The van der Waals surface area contributed by atoms with Crippen LogP contribution in [0.15, 0.2) is 18.3 Å². The van der Waals surface area contributed by atoms with Gasteiger partial charge in [0.25, 0.3) is 0 Å². The highest BCUT2D eigenvalue weighted by Gasteiger charge is 2.23. The van der Waals surface area contributed by atoms with Crippen LogP contribution in [0.4, 0.5) is 10.2 Å². The molecule has 20 heavy (non-hydrogen) atoms. The second-order valence-electron chi connectivity index (χ2n) is 5.68. The fourth-order valence-electron chi connectivity index (χ4n) is 3.05. The summed E-state index contributed by atoms with van der Waals surface area (Å²) in [4.78, 5) is 8.94. The van der Waals surface area contributed by atoms with Crippen LogP contribution in [-0.4, -0.2) is 55.8 Å². The lowest BCUT2D eigenvalue weighted by molar-refractivity contribution is 0.0289. The fraction of sp³-hybridized carbons (Fsp3) is 0.667. The van der Waals surface area contributed by atoms with Crippen LogP contribution in [-0.2, 0) is 4.74 Å². The smallest absolute Gasteiger partial charge is 0.141 e. The average molecular weight is 279 g/mol. The van der Waals surface area contributed by atoms with Gasteiger partial charge in [0.15, 0.2) is 0 Å². The molecule has 1 aromatic rings. The maximum Gasteiger partial charge on any atom is 0.141 e. The summed E-state index contributed by atoms with van der Waals surface area (Å²) in [5.41, 5.74) is 0. The van der Waals surface area contributed by atoms with Crippen molar-refractivity contribution in [3.05, 3.63) is 24.1 Å². The van der Waals surface area contributed by atoms with Crippen LogP contribution in [0.2, 0.25) is 0 Å². The molecule has 0 aliphatic carbocycles. The number of morpholine rings is 1. The summed E-state index contributed by atoms with van der Waals surface area (Å²) in [6, 6.07) is 3.26. The second kappa shape index (κ2) is 6.50. The lowest BCUT2D eigenvalue weighted by Gasteiger charge is -2.36. The van der Waals surface area contributed by atoms with Gasteiger partial charge < -0.3 is 9.64 Å². The number of nitrogens with zero attached hydrogens (tertiary/aromatic N) is 3. The summed E-state index contributed by atoms with van der Waals surface area (Å²) in [5.74, 6) is 1.40. The van der Waals surface area contributed by atoms with Crippen LogP contribution in [0.3, 0.4) is 0 Å². The van der Waals surface area contributed by atoms with E-state index in [1.165, 1.54) is 31.6 Å². The van der Waals surface area contributed by atoms with Crippen molar-refractivity contribution >= 4 is 5.82 Å². The monoisotopic (exact) mass is 279 g/mol. The summed E-state index contributed by atoms with van der Waals surface area (Å²) in [6.07, 6.45) is 3.68. The number of aromatic nitrogens is 1. The van der Waals surface area contributed by atoms with Gasteiger partial charge in [-0.15, -0.1) is 0 Å². The van der Waals surface area contributed by atoms with Crippen LogP contribution >= 0.6 is 0 Å². The highest BCUT2D eigenvalue weighted by atomic mass is 19.1. The molecule has 5 heteroatoms. The van der Waals surface area contributed by atoms with Crippen LogP contribution in [0.5, 0.6) is 0 Å². The first-order valence-electron chi connectivity index (χ1n) is 7.48. The maximum absolute atomic E-state index is 12.9. The highest BCUT2D eigenvalue weighted by molar-refractivity contribution is 5.38. The van der Waals surface area contributed by atoms with Gasteiger partial charge in [-0.2, -0.15) is 0 Å². The predicted octanol–water partition coefficient (Wildman–Crippen LogP) is 1.77. The van der Waals surface area contributed by atoms with Gasteiger partial charge in [-0.05, 0) is 30.9 Å². The normalized spacial score (nSPS) is 22.1. The molecule has 0 amide bonds. The first kappa shape index (κ1) is 13.8. The van der Waals surface area contributed by atoms with E-state index in [9.17, 15) is 4.39 Å². The Bertz CT molecular complexity index is 412. The minimum Gasteiger partial charge on any atom is -0.379 e. The summed E-state index contributed by atoms with van der Waals surface area (Å²) in [5, 5.41) is 0. The molecule has 3 rings (SSSR count). The van der Waals surface area contributed by atoms with Crippen LogP contribution < -0.4 is 4.90 Å². The molecule has 0 N–H and O–H groups in total. The fourth-order valence-corrected chi connectivity index (χ4v) is 3.05. The number of hydrogen-bond acceptors (Lipinski definition) is 4. The molecule has 0 spiro atoms. The van der Waals surface area contributed by atoms with E-state index in [1.54, 1.807) is 6.07 Å². The Labute approximate surface area is 119 Å². The lowest BCUT2D eigenvalue weighted by atomic mass is 9.96. The molecule has 0 unspecified atom stereocenters. The predicted molar refractivity (Wildman–Crippen MR) is 76.4 cm³/mol. The zero-order valence-electron chi connectivity index (χ0n) is 11.8. The average Bonchev–Trinajstić information content (AvgIpc) is 2.50. The molecule has 2 saturated heterocycles. The van der Waals surface area contributed by atoms with E-state index in [0.29, 0.717) is 0 Å². The molecule has 2 fully saturated rings.